The van der Waals surface area contributed by atoms with E-state index in [1.807, 2.05) is 61.5 Å². The van der Waals surface area contributed by atoms with Crippen LogP contribution in [0.25, 0.3) is 0 Å². The van der Waals surface area contributed by atoms with Crippen molar-refractivity contribution in [2.24, 2.45) is 0 Å². The third kappa shape index (κ3) is 7.26. The number of nitrogens with one attached hydrogen (secondary N) is 3. The number of alkyl halides is 1. The smallest absolute Gasteiger partial charge is 0.249 e. The van der Waals surface area contributed by atoms with E-state index in [1.54, 1.807) is 59.6 Å². The highest BCUT2D eigenvalue weighted by atomic mass is 35.5. The zero-order valence-electron chi connectivity index (χ0n) is 27.1. The number of likely N-dealkylation sites (N-methyl/N-ethyl adjacent to an activating group) is 1. The van der Waals surface area contributed by atoms with E-state index >= 15 is 0 Å². The fraction of sp³-hybridized carbons (Fsp3) is 0.125. The summed E-state index contributed by atoms with van der Waals surface area (Å²) in [6.45, 7) is 2.19. The molecular formula is C40H34Cl3N5O2. The number of carbonyl (C=O) groups is 2. The van der Waals surface area contributed by atoms with E-state index in [0.29, 0.717) is 39.6 Å². The lowest BCUT2D eigenvalue weighted by molar-refractivity contribution is -0.122. The zero-order valence-corrected chi connectivity index (χ0v) is 29.3. The van der Waals surface area contributed by atoms with Crippen molar-refractivity contribution >= 4 is 63.8 Å². The first-order valence-electron chi connectivity index (χ1n) is 16.1. The molecule has 2 amide bonds. The molecule has 50 heavy (non-hydrogen) atoms. The summed E-state index contributed by atoms with van der Waals surface area (Å²) in [5, 5.41) is 5.26. The highest BCUT2D eigenvalue weighted by Crippen LogP contribution is 2.44. The number of halogens is 3. The molecule has 5 aromatic carbocycles. The topological polar surface area (TPSA) is 90.1 Å². The molecule has 1 heterocycles. The van der Waals surface area contributed by atoms with Gasteiger partial charge in [0, 0.05) is 28.0 Å². The van der Waals surface area contributed by atoms with E-state index in [-0.39, 0.29) is 0 Å². The summed E-state index contributed by atoms with van der Waals surface area (Å²) in [7, 11) is 0. The number of amides is 2. The van der Waals surface area contributed by atoms with Gasteiger partial charge in [0.15, 0.2) is 0 Å². The number of carbonyl (C=O) groups excluding carboxylic acids is 2. The summed E-state index contributed by atoms with van der Waals surface area (Å²) in [5.41, 5.74) is 3.04. The summed E-state index contributed by atoms with van der Waals surface area (Å²) in [6.07, 6.45) is 1.68. The molecule has 0 aliphatic rings. The van der Waals surface area contributed by atoms with Crippen molar-refractivity contribution in [3.8, 4) is 0 Å². The minimum Gasteiger partial charge on any atom is -0.343 e. The average Bonchev–Trinajstić information content (AvgIpc) is 3.62. The maximum absolute atomic E-state index is 14.2. The molecular weight excluding hydrogens is 689 g/mol. The van der Waals surface area contributed by atoms with E-state index in [9.17, 15) is 9.59 Å². The molecule has 0 saturated heterocycles. The number of benzene rings is 5. The SMILES string of the molecule is CCN(c1cnc(C(c2ccccc2)(c2ccccc2)c2ccccc2)[nH]1)C(C(=O)Nc1cccc(Cl)c1)C(Cl)C(=O)Nc1cccc(Cl)c1. The van der Waals surface area contributed by atoms with Gasteiger partial charge in [-0.05, 0) is 60.0 Å². The third-order valence-electron chi connectivity index (χ3n) is 8.50. The maximum atomic E-state index is 14.2. The van der Waals surface area contributed by atoms with Crippen LogP contribution in [-0.4, -0.2) is 39.7 Å². The molecule has 3 N–H and O–H groups in total. The number of rotatable bonds is 12. The molecule has 6 rings (SSSR count). The van der Waals surface area contributed by atoms with Crippen molar-refractivity contribution in [3.63, 3.8) is 0 Å². The number of anilines is 3. The molecule has 0 saturated carbocycles. The van der Waals surface area contributed by atoms with Gasteiger partial charge in [-0.2, -0.15) is 0 Å². The van der Waals surface area contributed by atoms with E-state index in [2.05, 4.69) is 52.0 Å². The van der Waals surface area contributed by atoms with Gasteiger partial charge in [-0.15, -0.1) is 11.6 Å². The van der Waals surface area contributed by atoms with Crippen LogP contribution in [0, 0.1) is 0 Å². The average molecular weight is 723 g/mol. The Morgan fingerprint density at radius 2 is 1.16 bits per heavy atom. The van der Waals surface area contributed by atoms with Crippen molar-refractivity contribution in [1.29, 1.82) is 0 Å². The molecule has 0 fully saturated rings. The molecule has 7 nitrogen and oxygen atoms in total. The van der Waals surface area contributed by atoms with E-state index in [1.165, 1.54) is 0 Å². The van der Waals surface area contributed by atoms with Gasteiger partial charge in [0.2, 0.25) is 11.8 Å². The van der Waals surface area contributed by atoms with Crippen LogP contribution in [0.2, 0.25) is 10.0 Å². The van der Waals surface area contributed by atoms with E-state index in [0.717, 1.165) is 16.7 Å². The molecule has 2 unspecified atom stereocenters. The van der Waals surface area contributed by atoms with Crippen LogP contribution >= 0.6 is 34.8 Å². The second-order valence-electron chi connectivity index (χ2n) is 11.6. The predicted molar refractivity (Wildman–Crippen MR) is 204 cm³/mol. The minimum absolute atomic E-state index is 0.304. The summed E-state index contributed by atoms with van der Waals surface area (Å²) < 4.78 is 0. The molecule has 2 atom stereocenters. The standard InChI is InChI=1S/C40H34Cl3N5O2/c1-2-48(36(38(50)46-33-23-13-21-31(42)25-33)35(43)37(49)45-32-22-12-20-30(41)24-32)34-26-44-39(47-34)40(27-14-6-3-7-15-27,28-16-8-4-9-17-28)29-18-10-5-11-19-29/h3-26,35-36H,2H2,1H3,(H,44,47)(H,45,49)(H,46,50). The van der Waals surface area contributed by atoms with Crippen molar-refractivity contribution in [3.05, 3.63) is 178 Å². The van der Waals surface area contributed by atoms with E-state index in [4.69, 9.17) is 39.8 Å². The number of nitrogens with zero attached hydrogens (tertiary/aromatic N) is 2. The summed E-state index contributed by atoms with van der Waals surface area (Å²) in [5.74, 6) is 0.0395. The lowest BCUT2D eigenvalue weighted by Gasteiger charge is -2.35. The van der Waals surface area contributed by atoms with Crippen LogP contribution in [0.4, 0.5) is 17.2 Å². The molecule has 0 bridgehead atoms. The van der Waals surface area contributed by atoms with Gasteiger partial charge in [-0.25, -0.2) is 4.98 Å². The normalized spacial score (nSPS) is 12.5. The lowest BCUT2D eigenvalue weighted by Crippen LogP contribution is -2.53. The Labute approximate surface area is 306 Å². The zero-order chi connectivity index (χ0) is 35.1. The van der Waals surface area contributed by atoms with Crippen LogP contribution in [0.5, 0.6) is 0 Å². The van der Waals surface area contributed by atoms with Gasteiger partial charge in [0.1, 0.15) is 28.5 Å². The Morgan fingerprint density at radius 3 is 1.60 bits per heavy atom. The number of imidazole rings is 1. The monoisotopic (exact) mass is 721 g/mol. The Balaban J connectivity index is 1.46. The predicted octanol–water partition coefficient (Wildman–Crippen LogP) is 9.18. The Bertz CT molecular complexity index is 1960. The van der Waals surface area contributed by atoms with Gasteiger partial charge in [0.05, 0.1) is 6.20 Å². The first-order valence-corrected chi connectivity index (χ1v) is 17.3. The van der Waals surface area contributed by atoms with Gasteiger partial charge in [-0.3, -0.25) is 9.59 Å². The van der Waals surface area contributed by atoms with Gasteiger partial charge < -0.3 is 20.5 Å². The first kappa shape index (κ1) is 34.8. The Kier molecular flexibility index (Phi) is 10.9. The molecule has 10 heteroatoms. The van der Waals surface area contributed by atoms with Crippen molar-refractivity contribution in [2.75, 3.05) is 22.1 Å². The van der Waals surface area contributed by atoms with Crippen LogP contribution in [0.3, 0.4) is 0 Å². The van der Waals surface area contributed by atoms with Gasteiger partial charge in [0.25, 0.3) is 0 Å². The van der Waals surface area contributed by atoms with Gasteiger partial charge >= 0.3 is 0 Å². The third-order valence-corrected chi connectivity index (χ3v) is 9.41. The van der Waals surface area contributed by atoms with Crippen LogP contribution < -0.4 is 15.5 Å². The number of aromatic amines is 1. The first-order chi connectivity index (χ1) is 24.3. The van der Waals surface area contributed by atoms with Crippen LogP contribution in [0.1, 0.15) is 29.4 Å². The molecule has 0 aliphatic carbocycles. The molecule has 252 valence electrons. The lowest BCUT2D eigenvalue weighted by atomic mass is 9.69. The molecule has 6 aromatic rings. The number of hydrogen-bond donors (Lipinski definition) is 3. The van der Waals surface area contributed by atoms with E-state index < -0.39 is 28.6 Å². The highest BCUT2D eigenvalue weighted by molar-refractivity contribution is 6.35. The van der Waals surface area contributed by atoms with Crippen LogP contribution in [0.15, 0.2) is 146 Å². The van der Waals surface area contributed by atoms with Crippen LogP contribution in [-0.2, 0) is 15.0 Å². The minimum atomic E-state index is -1.35. The van der Waals surface area contributed by atoms with Crippen molar-refractivity contribution < 1.29 is 9.59 Å². The Hall–Kier alpha value is -5.08. The number of hydrogen-bond acceptors (Lipinski definition) is 4. The quantitative estimate of drug-likeness (QED) is 0.0868. The Morgan fingerprint density at radius 1 is 0.700 bits per heavy atom. The fourth-order valence-electron chi connectivity index (χ4n) is 6.28. The highest BCUT2D eigenvalue weighted by Gasteiger charge is 2.43. The number of aromatic nitrogens is 2. The number of H-pyrrole nitrogens is 1. The van der Waals surface area contributed by atoms with Gasteiger partial charge in [-0.1, -0.05) is 126 Å². The second-order valence-corrected chi connectivity index (χ2v) is 12.9. The molecule has 0 radical (unpaired) electrons. The second kappa shape index (κ2) is 15.6. The summed E-state index contributed by atoms with van der Waals surface area (Å²) in [6, 6.07) is 42.8. The molecule has 0 spiro atoms. The van der Waals surface area contributed by atoms with Crippen molar-refractivity contribution in [2.45, 2.75) is 23.8 Å². The molecule has 1 aromatic heterocycles. The van der Waals surface area contributed by atoms with Crippen molar-refractivity contribution in [1.82, 2.24) is 9.97 Å². The fourth-order valence-corrected chi connectivity index (χ4v) is 6.96. The largest absolute Gasteiger partial charge is 0.343 e. The summed E-state index contributed by atoms with van der Waals surface area (Å²) in [4.78, 5) is 38.2. The summed E-state index contributed by atoms with van der Waals surface area (Å²) >= 11 is 19.4. The molecule has 0 aliphatic heterocycles. The maximum Gasteiger partial charge on any atom is 0.249 e.